The van der Waals surface area contributed by atoms with Gasteiger partial charge in [0.15, 0.2) is 0 Å². The molecule has 0 fully saturated rings. The number of unbranched alkanes of at least 4 members (excludes halogenated alkanes) is 1. The summed E-state index contributed by atoms with van der Waals surface area (Å²) in [6, 6.07) is 8.04. The smallest absolute Gasteiger partial charge is 0.258 e. The fourth-order valence-corrected chi connectivity index (χ4v) is 3.67. The third-order valence-corrected chi connectivity index (χ3v) is 5.57. The van der Waals surface area contributed by atoms with Gasteiger partial charge in [-0.1, -0.05) is 19.4 Å². The third kappa shape index (κ3) is 5.13. The molecule has 172 valence electrons. The fraction of sp³-hybridized carbons (Fsp3) is 0.417. The van der Waals surface area contributed by atoms with Crippen LogP contribution < -0.4 is 10.5 Å². The van der Waals surface area contributed by atoms with Crippen LogP contribution in [0.25, 0.3) is 0 Å². The quantitative estimate of drug-likeness (QED) is 0.515. The molecule has 8 nitrogen and oxygen atoms in total. The number of amides is 2. The van der Waals surface area contributed by atoms with Crippen LogP contribution in [0.1, 0.15) is 58.0 Å². The molecule has 0 saturated carbocycles. The molecule has 0 aliphatic carbocycles. The number of phenolic OH excluding ortho intramolecular Hbond substituents is 2. The summed E-state index contributed by atoms with van der Waals surface area (Å²) in [6.45, 7) is 4.40. The van der Waals surface area contributed by atoms with Gasteiger partial charge in [0.2, 0.25) is 0 Å². The second-order valence-electron chi connectivity index (χ2n) is 8.05. The Bertz CT molecular complexity index is 992. The Hall–Kier alpha value is -3.26. The van der Waals surface area contributed by atoms with E-state index in [4.69, 9.17) is 10.5 Å². The van der Waals surface area contributed by atoms with Gasteiger partial charge in [-0.2, -0.15) is 0 Å². The largest absolute Gasteiger partial charge is 0.507 e. The van der Waals surface area contributed by atoms with Gasteiger partial charge in [-0.3, -0.25) is 9.59 Å². The van der Waals surface area contributed by atoms with Gasteiger partial charge in [-0.25, -0.2) is 0 Å². The van der Waals surface area contributed by atoms with E-state index in [2.05, 4.69) is 0 Å². The number of hydrogen-bond donors (Lipinski definition) is 3. The molecule has 4 N–H and O–H groups in total. The number of fused-ring (bicyclic) bond motifs is 1. The lowest BCUT2D eigenvalue weighted by Gasteiger charge is -2.20. The van der Waals surface area contributed by atoms with Crippen molar-refractivity contribution in [3.8, 4) is 17.2 Å². The molecule has 0 spiro atoms. The van der Waals surface area contributed by atoms with Gasteiger partial charge in [0.1, 0.15) is 17.2 Å². The highest BCUT2D eigenvalue weighted by Crippen LogP contribution is 2.33. The van der Waals surface area contributed by atoms with Crippen molar-refractivity contribution < 1.29 is 24.5 Å². The van der Waals surface area contributed by atoms with Crippen molar-refractivity contribution >= 4 is 11.8 Å². The van der Waals surface area contributed by atoms with Gasteiger partial charge in [0.25, 0.3) is 11.8 Å². The summed E-state index contributed by atoms with van der Waals surface area (Å²) in [4.78, 5) is 29.0. The molecular formula is C24H31N3O5. The van der Waals surface area contributed by atoms with Crippen LogP contribution in [0.3, 0.4) is 0 Å². The molecule has 0 atom stereocenters. The normalized spacial score (nSPS) is 12.5. The first-order valence-corrected chi connectivity index (χ1v) is 10.9. The molecule has 1 aliphatic heterocycles. The number of rotatable bonds is 9. The predicted octanol–water partition coefficient (Wildman–Crippen LogP) is 2.85. The lowest BCUT2D eigenvalue weighted by Crippen LogP contribution is -2.29. The molecule has 0 saturated heterocycles. The highest BCUT2D eigenvalue weighted by molar-refractivity contribution is 6.03. The lowest BCUT2D eigenvalue weighted by atomic mass is 10.1. The average Bonchev–Trinajstić information content (AvgIpc) is 3.20. The molecular weight excluding hydrogens is 410 g/mol. The van der Waals surface area contributed by atoms with Crippen LogP contribution >= 0.6 is 0 Å². The SMILES string of the molecule is CCCCN(C)C(=O)c1cc(C(=O)N2Cc3ccc(OCCCN)cc3C2)c(O)cc1O. The zero-order valence-corrected chi connectivity index (χ0v) is 18.6. The summed E-state index contributed by atoms with van der Waals surface area (Å²) in [5.41, 5.74) is 7.45. The van der Waals surface area contributed by atoms with Gasteiger partial charge >= 0.3 is 0 Å². The van der Waals surface area contributed by atoms with E-state index in [9.17, 15) is 19.8 Å². The summed E-state index contributed by atoms with van der Waals surface area (Å²) in [5.74, 6) is -0.788. The predicted molar refractivity (Wildman–Crippen MR) is 121 cm³/mol. The van der Waals surface area contributed by atoms with Crippen molar-refractivity contribution in [3.05, 3.63) is 52.6 Å². The summed E-state index contributed by atoms with van der Waals surface area (Å²) in [5, 5.41) is 20.5. The van der Waals surface area contributed by atoms with Crippen LogP contribution in [-0.4, -0.2) is 58.6 Å². The van der Waals surface area contributed by atoms with E-state index in [1.54, 1.807) is 11.9 Å². The van der Waals surface area contributed by atoms with Crippen molar-refractivity contribution in [1.29, 1.82) is 0 Å². The Morgan fingerprint density at radius 1 is 1.06 bits per heavy atom. The van der Waals surface area contributed by atoms with Crippen molar-refractivity contribution in [2.45, 2.75) is 39.3 Å². The number of ether oxygens (including phenoxy) is 1. The molecule has 0 bridgehead atoms. The van der Waals surface area contributed by atoms with Gasteiger partial charge in [0.05, 0.1) is 17.7 Å². The molecule has 0 aromatic heterocycles. The third-order valence-electron chi connectivity index (χ3n) is 5.57. The standard InChI is InChI=1S/C24H31N3O5/c1-3-4-9-26(2)23(30)19-12-20(22(29)13-21(19)28)24(31)27-14-16-6-7-18(11-17(16)15-27)32-10-5-8-25/h6-7,11-13,28-29H,3-5,8-10,14-15,25H2,1-2H3. The number of nitrogens with zero attached hydrogens (tertiary/aromatic N) is 2. The highest BCUT2D eigenvalue weighted by Gasteiger charge is 2.28. The van der Waals surface area contributed by atoms with Gasteiger partial charge in [-0.15, -0.1) is 0 Å². The Labute approximate surface area is 188 Å². The maximum absolute atomic E-state index is 13.2. The Morgan fingerprint density at radius 3 is 2.50 bits per heavy atom. The number of benzene rings is 2. The zero-order chi connectivity index (χ0) is 23.3. The maximum atomic E-state index is 13.2. The van der Waals surface area contributed by atoms with Crippen LogP contribution in [0.2, 0.25) is 0 Å². The van der Waals surface area contributed by atoms with Crippen molar-refractivity contribution in [3.63, 3.8) is 0 Å². The highest BCUT2D eigenvalue weighted by atomic mass is 16.5. The average molecular weight is 442 g/mol. The van der Waals surface area contributed by atoms with Crippen LogP contribution in [0.15, 0.2) is 30.3 Å². The number of phenols is 2. The number of hydrogen-bond acceptors (Lipinski definition) is 6. The second-order valence-corrected chi connectivity index (χ2v) is 8.05. The summed E-state index contributed by atoms with van der Waals surface area (Å²) in [7, 11) is 1.65. The minimum atomic E-state index is -0.408. The molecule has 8 heteroatoms. The van der Waals surface area contributed by atoms with E-state index in [1.165, 1.54) is 11.0 Å². The minimum Gasteiger partial charge on any atom is -0.507 e. The first-order chi connectivity index (χ1) is 15.3. The van der Waals surface area contributed by atoms with E-state index < -0.39 is 11.8 Å². The van der Waals surface area contributed by atoms with Gasteiger partial charge in [-0.05, 0) is 48.7 Å². The van der Waals surface area contributed by atoms with Crippen LogP contribution in [0.5, 0.6) is 17.2 Å². The van der Waals surface area contributed by atoms with Crippen LogP contribution in [0, 0.1) is 0 Å². The molecule has 2 aromatic rings. The molecule has 2 amide bonds. The molecule has 32 heavy (non-hydrogen) atoms. The van der Waals surface area contributed by atoms with Gasteiger partial charge < -0.3 is 30.5 Å². The molecule has 1 aliphatic rings. The van der Waals surface area contributed by atoms with Crippen LogP contribution in [0.4, 0.5) is 0 Å². The first-order valence-electron chi connectivity index (χ1n) is 10.9. The van der Waals surface area contributed by atoms with E-state index in [-0.39, 0.29) is 22.6 Å². The van der Waals surface area contributed by atoms with E-state index in [0.717, 1.165) is 42.2 Å². The number of aromatic hydroxyl groups is 2. The Morgan fingerprint density at radius 2 is 1.78 bits per heavy atom. The maximum Gasteiger partial charge on any atom is 0.258 e. The fourth-order valence-electron chi connectivity index (χ4n) is 3.67. The molecule has 2 aromatic carbocycles. The van der Waals surface area contributed by atoms with E-state index >= 15 is 0 Å². The lowest BCUT2D eigenvalue weighted by molar-refractivity contribution is 0.0748. The molecule has 0 unspecified atom stereocenters. The van der Waals surface area contributed by atoms with Crippen molar-refractivity contribution in [1.82, 2.24) is 9.80 Å². The minimum absolute atomic E-state index is 0.00273. The summed E-state index contributed by atoms with van der Waals surface area (Å²) >= 11 is 0. The second kappa shape index (κ2) is 10.4. The topological polar surface area (TPSA) is 116 Å². The van der Waals surface area contributed by atoms with Crippen molar-refractivity contribution in [2.24, 2.45) is 5.73 Å². The van der Waals surface area contributed by atoms with Crippen molar-refractivity contribution in [2.75, 3.05) is 26.7 Å². The number of carbonyl (C=O) groups excluding carboxylic acids is 2. The van der Waals surface area contributed by atoms with E-state index in [1.807, 2.05) is 25.1 Å². The number of nitrogens with two attached hydrogens (primary N) is 1. The zero-order valence-electron chi connectivity index (χ0n) is 18.6. The monoisotopic (exact) mass is 441 g/mol. The molecule has 3 rings (SSSR count). The molecule has 0 radical (unpaired) electrons. The number of carbonyl (C=O) groups is 2. The van der Waals surface area contributed by atoms with Gasteiger partial charge in [0, 0.05) is 32.7 Å². The molecule has 1 heterocycles. The van der Waals surface area contributed by atoms with E-state index in [0.29, 0.717) is 32.8 Å². The van der Waals surface area contributed by atoms with Crippen LogP contribution in [-0.2, 0) is 13.1 Å². The Kier molecular flexibility index (Phi) is 7.58. The summed E-state index contributed by atoms with van der Waals surface area (Å²) < 4.78 is 5.68. The Balaban J connectivity index is 1.77. The first kappa shape index (κ1) is 23.4. The summed E-state index contributed by atoms with van der Waals surface area (Å²) in [6.07, 6.45) is 2.52.